The van der Waals surface area contributed by atoms with E-state index < -0.39 is 30.5 Å². The van der Waals surface area contributed by atoms with Crippen molar-refractivity contribution >= 4 is 51.8 Å². The summed E-state index contributed by atoms with van der Waals surface area (Å²) in [7, 11) is 0. The normalized spacial score (nSPS) is 24.8. The van der Waals surface area contributed by atoms with Crippen molar-refractivity contribution < 1.29 is 24.1 Å². The summed E-state index contributed by atoms with van der Waals surface area (Å²) < 4.78 is 18.4. The molecule has 2 heterocycles. The lowest BCUT2D eigenvalue weighted by atomic mass is 10.1. The quantitative estimate of drug-likeness (QED) is 0.506. The van der Waals surface area contributed by atoms with Gasteiger partial charge in [-0.25, -0.2) is 4.98 Å². The largest absolute Gasteiger partial charge is 0.457 e. The number of aromatic nitrogens is 2. The lowest BCUT2D eigenvalue weighted by Gasteiger charge is -2.20. The molecule has 0 bridgehead atoms. The number of aliphatic hydroxyl groups excluding tert-OH is 1. The highest BCUT2D eigenvalue weighted by atomic mass is 35.5. The molecular formula is C18H21Cl3N2O5. The van der Waals surface area contributed by atoms with Gasteiger partial charge >= 0.3 is 5.97 Å². The van der Waals surface area contributed by atoms with Crippen molar-refractivity contribution in [3.8, 4) is 0 Å². The van der Waals surface area contributed by atoms with Gasteiger partial charge in [0.25, 0.3) is 0 Å². The van der Waals surface area contributed by atoms with Crippen molar-refractivity contribution in [2.45, 2.75) is 51.2 Å². The number of rotatable bonds is 7. The lowest BCUT2D eigenvalue weighted by Crippen LogP contribution is -2.38. The van der Waals surface area contributed by atoms with Gasteiger partial charge in [0.1, 0.15) is 12.2 Å². The van der Waals surface area contributed by atoms with Crippen LogP contribution in [-0.2, 0) is 19.0 Å². The minimum Gasteiger partial charge on any atom is -0.457 e. The fourth-order valence-corrected chi connectivity index (χ4v) is 3.75. The highest BCUT2D eigenvalue weighted by Gasteiger charge is 2.48. The van der Waals surface area contributed by atoms with Crippen molar-refractivity contribution in [2.75, 3.05) is 13.2 Å². The van der Waals surface area contributed by atoms with Crippen molar-refractivity contribution in [1.82, 2.24) is 9.55 Å². The zero-order chi connectivity index (χ0) is 20.4. The van der Waals surface area contributed by atoms with Gasteiger partial charge < -0.3 is 19.3 Å². The van der Waals surface area contributed by atoms with Crippen LogP contribution in [0.3, 0.4) is 0 Å². The van der Waals surface area contributed by atoms with E-state index in [4.69, 9.17) is 49.0 Å². The van der Waals surface area contributed by atoms with E-state index in [9.17, 15) is 9.90 Å². The van der Waals surface area contributed by atoms with E-state index in [0.717, 1.165) is 12.8 Å². The van der Waals surface area contributed by atoms with Crippen molar-refractivity contribution in [3.05, 3.63) is 27.5 Å². The maximum Gasteiger partial charge on any atom is 0.303 e. The smallest absolute Gasteiger partial charge is 0.303 e. The van der Waals surface area contributed by atoms with E-state index in [1.54, 1.807) is 12.1 Å². The summed E-state index contributed by atoms with van der Waals surface area (Å²) in [5, 5.41) is 11.6. The topological polar surface area (TPSA) is 82.8 Å². The van der Waals surface area contributed by atoms with Gasteiger partial charge in [-0.15, -0.1) is 0 Å². The van der Waals surface area contributed by atoms with Crippen LogP contribution in [0.1, 0.15) is 32.9 Å². The Labute approximate surface area is 177 Å². The van der Waals surface area contributed by atoms with Crippen LogP contribution in [0.25, 0.3) is 11.0 Å². The molecule has 7 nitrogen and oxygen atoms in total. The van der Waals surface area contributed by atoms with E-state index in [-0.39, 0.29) is 11.9 Å². The average Bonchev–Trinajstić information content (AvgIpc) is 3.09. The van der Waals surface area contributed by atoms with Crippen LogP contribution in [0.15, 0.2) is 12.1 Å². The van der Waals surface area contributed by atoms with Crippen LogP contribution in [-0.4, -0.2) is 52.2 Å². The Morgan fingerprint density at radius 2 is 2.04 bits per heavy atom. The third-order valence-corrected chi connectivity index (χ3v) is 5.47. The summed E-state index contributed by atoms with van der Waals surface area (Å²) >= 11 is 18.5. The Bertz CT molecular complexity index is 859. The molecule has 0 radical (unpaired) electrons. The Kier molecular flexibility index (Phi) is 7.07. The van der Waals surface area contributed by atoms with Gasteiger partial charge in [-0.2, -0.15) is 0 Å². The minimum atomic E-state index is -1.17. The molecule has 4 atom stereocenters. The molecule has 1 aromatic heterocycles. The number of carbonyl (C=O) groups is 1. The zero-order valence-corrected chi connectivity index (χ0v) is 17.7. The fraction of sp³-hybridized carbons (Fsp3) is 0.556. The first kappa shape index (κ1) is 21.6. The lowest BCUT2D eigenvalue weighted by molar-refractivity contribution is -0.154. The first-order chi connectivity index (χ1) is 13.3. The fourth-order valence-electron chi connectivity index (χ4n) is 3.15. The molecule has 1 fully saturated rings. The summed E-state index contributed by atoms with van der Waals surface area (Å²) in [4.78, 5) is 15.8. The summed E-state index contributed by atoms with van der Waals surface area (Å²) in [6.45, 7) is 4.05. The molecule has 154 valence electrons. The molecule has 0 spiro atoms. The van der Waals surface area contributed by atoms with E-state index in [1.165, 1.54) is 11.5 Å². The molecule has 0 aliphatic carbocycles. The van der Waals surface area contributed by atoms with Crippen molar-refractivity contribution in [1.29, 1.82) is 0 Å². The number of nitrogens with zero attached hydrogens (tertiary/aromatic N) is 2. The van der Waals surface area contributed by atoms with Crippen molar-refractivity contribution in [2.24, 2.45) is 0 Å². The van der Waals surface area contributed by atoms with Crippen LogP contribution >= 0.6 is 34.8 Å². The Morgan fingerprint density at radius 3 is 2.71 bits per heavy atom. The number of benzene rings is 1. The van der Waals surface area contributed by atoms with E-state index in [0.29, 0.717) is 27.7 Å². The van der Waals surface area contributed by atoms with Crippen molar-refractivity contribution in [3.63, 3.8) is 0 Å². The predicted molar refractivity (Wildman–Crippen MR) is 106 cm³/mol. The van der Waals surface area contributed by atoms with Gasteiger partial charge in [0.2, 0.25) is 5.28 Å². The number of ether oxygens (including phenoxy) is 3. The molecule has 1 aliphatic heterocycles. The number of aliphatic hydroxyl groups is 1. The molecule has 28 heavy (non-hydrogen) atoms. The second-order valence-corrected chi connectivity index (χ2v) is 7.72. The summed E-state index contributed by atoms with van der Waals surface area (Å²) in [6, 6.07) is 3.18. The number of carbonyl (C=O) groups excluding carboxylic acids is 1. The van der Waals surface area contributed by atoms with Gasteiger partial charge in [-0.05, 0) is 30.2 Å². The van der Waals surface area contributed by atoms with Crippen LogP contribution in [0.5, 0.6) is 0 Å². The third-order valence-electron chi connectivity index (χ3n) is 4.48. The molecule has 0 saturated carbocycles. The molecule has 1 saturated heterocycles. The number of halogens is 3. The second kappa shape index (κ2) is 9.15. The zero-order valence-electron chi connectivity index (χ0n) is 15.4. The van der Waals surface area contributed by atoms with E-state index in [2.05, 4.69) is 11.9 Å². The maximum absolute atomic E-state index is 11.5. The summed E-state index contributed by atoms with van der Waals surface area (Å²) in [5.74, 6) is -0.525. The summed E-state index contributed by atoms with van der Waals surface area (Å²) in [6.07, 6.45) is -1.78. The Hall–Kier alpha value is -1.09. The Morgan fingerprint density at radius 1 is 1.32 bits per heavy atom. The first-order valence-electron chi connectivity index (χ1n) is 8.94. The molecule has 1 N–H and O–H groups in total. The van der Waals surface area contributed by atoms with E-state index in [1.807, 2.05) is 0 Å². The first-order valence-corrected chi connectivity index (χ1v) is 10.1. The highest BCUT2D eigenvalue weighted by molar-refractivity contribution is 6.42. The number of hydrogen-bond donors (Lipinski definition) is 1. The molecule has 0 unspecified atom stereocenters. The monoisotopic (exact) mass is 450 g/mol. The third kappa shape index (κ3) is 4.40. The molecule has 1 aliphatic rings. The minimum absolute atomic E-state index is 0.0894. The predicted octanol–water partition coefficient (Wildman–Crippen LogP) is 4.00. The van der Waals surface area contributed by atoms with Crippen LogP contribution in [0.4, 0.5) is 0 Å². The number of imidazole rings is 1. The molecule has 3 rings (SSSR count). The van der Waals surface area contributed by atoms with E-state index >= 15 is 0 Å². The average molecular weight is 452 g/mol. The second-order valence-electron chi connectivity index (χ2n) is 6.56. The number of hydrogen-bond acceptors (Lipinski definition) is 6. The molecule has 10 heteroatoms. The maximum atomic E-state index is 11.5. The highest BCUT2D eigenvalue weighted by Crippen LogP contribution is 2.38. The van der Waals surface area contributed by atoms with Gasteiger partial charge in [0.15, 0.2) is 12.3 Å². The molecule has 1 aromatic carbocycles. The standard InChI is InChI=1S/C18H21Cl3N2O5/c1-3-4-5-26-8-14-16(27-9(2)24)15(25)17(28-14)23-13-7-11(20)10(19)6-12(13)22-18(23)21/h6-7,14-17,25H,3-5,8H2,1-2H3/t14-,15-,16-,17-/m1/s1. The van der Waals surface area contributed by atoms with Gasteiger partial charge in [-0.1, -0.05) is 36.5 Å². The number of fused-ring (bicyclic) bond motifs is 1. The molecular weight excluding hydrogens is 431 g/mol. The van der Waals surface area contributed by atoms with Gasteiger partial charge in [0.05, 0.1) is 27.7 Å². The van der Waals surface area contributed by atoms with Gasteiger partial charge in [-0.3, -0.25) is 9.36 Å². The summed E-state index contributed by atoms with van der Waals surface area (Å²) in [5.41, 5.74) is 1.04. The van der Waals surface area contributed by atoms with Crippen LogP contribution in [0, 0.1) is 0 Å². The van der Waals surface area contributed by atoms with Crippen LogP contribution in [0.2, 0.25) is 15.3 Å². The molecule has 0 amide bonds. The van der Waals surface area contributed by atoms with Gasteiger partial charge in [0, 0.05) is 13.5 Å². The van der Waals surface area contributed by atoms with Crippen LogP contribution < -0.4 is 0 Å². The SMILES string of the molecule is CCCCOC[C@H]1O[C@@H](n2c(Cl)nc3cc(Cl)c(Cl)cc32)[C@H](O)[C@@H]1OC(C)=O. The Balaban J connectivity index is 1.91. The number of unbranched alkanes of at least 4 members (excludes halogenated alkanes) is 1. The molecule has 2 aromatic rings. The number of esters is 1.